The first-order valence-corrected chi connectivity index (χ1v) is 11.9. The van der Waals surface area contributed by atoms with Gasteiger partial charge >= 0.3 is 0 Å². The average molecular weight is 458 g/mol. The number of hydrogen-bond donors (Lipinski definition) is 1. The molecule has 1 aliphatic heterocycles. The van der Waals surface area contributed by atoms with E-state index >= 15 is 0 Å². The molecule has 0 spiro atoms. The summed E-state index contributed by atoms with van der Waals surface area (Å²) in [5, 5.41) is 2.97. The first-order valence-electron chi connectivity index (χ1n) is 10.5. The average Bonchev–Trinajstić information content (AvgIpc) is 3.22. The molecule has 0 saturated heterocycles. The van der Waals surface area contributed by atoms with Crippen LogP contribution >= 0.6 is 0 Å². The largest absolute Gasteiger partial charge is 0.486 e. The summed E-state index contributed by atoms with van der Waals surface area (Å²) < 4.78 is 44.0. The molecular weight excluding hydrogens is 430 g/mol. The molecule has 1 N–H and O–H groups in total. The molecular formula is C23H27N3O5S. The molecule has 0 bridgehead atoms. The Hall–Kier alpha value is -3.04. The number of aromatic nitrogens is 1. The van der Waals surface area contributed by atoms with Gasteiger partial charge in [-0.1, -0.05) is 17.7 Å². The van der Waals surface area contributed by atoms with Gasteiger partial charge in [0.05, 0.1) is 4.90 Å². The second-order valence-corrected chi connectivity index (χ2v) is 9.78. The van der Waals surface area contributed by atoms with Gasteiger partial charge in [0, 0.05) is 18.2 Å². The molecule has 9 heteroatoms. The van der Waals surface area contributed by atoms with Gasteiger partial charge in [-0.25, -0.2) is 8.42 Å². The number of benzene rings is 2. The quantitative estimate of drug-likeness (QED) is 0.513. The fraction of sp³-hybridized carbons (Fsp3) is 0.348. The highest BCUT2D eigenvalue weighted by Gasteiger charge is 2.30. The van der Waals surface area contributed by atoms with Crippen LogP contribution in [0.2, 0.25) is 0 Å². The zero-order valence-corrected chi connectivity index (χ0v) is 19.2. The normalized spacial score (nSPS) is 13.4. The molecule has 2 aromatic carbocycles. The third-order valence-corrected chi connectivity index (χ3v) is 6.70. The van der Waals surface area contributed by atoms with Crippen LogP contribution in [0.25, 0.3) is 11.5 Å². The number of hydrogen-bond acceptors (Lipinski definition) is 8. The van der Waals surface area contributed by atoms with Crippen LogP contribution in [0.5, 0.6) is 11.5 Å². The first-order chi connectivity index (χ1) is 15.3. The van der Waals surface area contributed by atoms with Gasteiger partial charge < -0.3 is 24.1 Å². The van der Waals surface area contributed by atoms with Crippen molar-refractivity contribution >= 4 is 15.7 Å². The summed E-state index contributed by atoms with van der Waals surface area (Å²) in [5.41, 5.74) is 1.79. The number of aryl methyl sites for hydroxylation is 1. The Bertz CT molecular complexity index is 1190. The van der Waals surface area contributed by atoms with Gasteiger partial charge in [-0.15, -0.1) is 0 Å². The van der Waals surface area contributed by atoms with Crippen LogP contribution in [0.4, 0.5) is 5.88 Å². The number of nitrogens with one attached hydrogen (secondary N) is 1. The van der Waals surface area contributed by atoms with E-state index in [0.29, 0.717) is 36.8 Å². The predicted molar refractivity (Wildman–Crippen MR) is 121 cm³/mol. The van der Waals surface area contributed by atoms with E-state index in [-0.39, 0.29) is 21.7 Å². The Labute approximate surface area is 188 Å². The van der Waals surface area contributed by atoms with Crippen molar-refractivity contribution in [3.05, 3.63) is 48.0 Å². The maximum Gasteiger partial charge on any atom is 0.233 e. The van der Waals surface area contributed by atoms with E-state index in [9.17, 15) is 8.42 Å². The lowest BCUT2D eigenvalue weighted by Crippen LogP contribution is -2.17. The summed E-state index contributed by atoms with van der Waals surface area (Å²) in [4.78, 5) is 6.52. The minimum atomic E-state index is -3.97. The molecule has 0 unspecified atom stereocenters. The van der Waals surface area contributed by atoms with Crippen molar-refractivity contribution in [3.8, 4) is 23.0 Å². The van der Waals surface area contributed by atoms with E-state index in [2.05, 4.69) is 15.2 Å². The second kappa shape index (κ2) is 9.22. The van der Waals surface area contributed by atoms with Crippen LogP contribution in [-0.2, 0) is 9.84 Å². The molecule has 4 rings (SSSR count). The molecule has 8 nitrogen and oxygen atoms in total. The Morgan fingerprint density at radius 2 is 1.75 bits per heavy atom. The summed E-state index contributed by atoms with van der Waals surface area (Å²) >= 11 is 0. The number of rotatable bonds is 8. The van der Waals surface area contributed by atoms with Crippen molar-refractivity contribution in [2.45, 2.75) is 23.3 Å². The van der Waals surface area contributed by atoms with Crippen LogP contribution in [-0.4, -0.2) is 58.7 Å². The standard InChI is InChI=1S/C23H27N3O5S/c1-16-5-7-17(8-6-16)21-25-23(22(31-21)24-11-4-12-26(2)3)32(27,28)18-9-10-19-20(15-18)30-14-13-29-19/h5-10,15,24H,4,11-14H2,1-3H3. The fourth-order valence-corrected chi connectivity index (χ4v) is 4.61. The highest BCUT2D eigenvalue weighted by molar-refractivity contribution is 7.91. The van der Waals surface area contributed by atoms with E-state index in [4.69, 9.17) is 13.9 Å². The van der Waals surface area contributed by atoms with E-state index in [1.165, 1.54) is 12.1 Å². The molecule has 170 valence electrons. The van der Waals surface area contributed by atoms with E-state index in [1.54, 1.807) is 6.07 Å². The molecule has 2 heterocycles. The molecule has 0 atom stereocenters. The molecule has 0 amide bonds. The monoisotopic (exact) mass is 457 g/mol. The van der Waals surface area contributed by atoms with Gasteiger partial charge in [0.1, 0.15) is 13.2 Å². The fourth-order valence-electron chi connectivity index (χ4n) is 3.32. The summed E-state index contributed by atoms with van der Waals surface area (Å²) in [6.07, 6.45) is 0.817. The summed E-state index contributed by atoms with van der Waals surface area (Å²) in [6, 6.07) is 12.2. The third kappa shape index (κ3) is 4.73. The lowest BCUT2D eigenvalue weighted by atomic mass is 10.1. The van der Waals surface area contributed by atoms with Crippen molar-refractivity contribution in [1.82, 2.24) is 9.88 Å². The van der Waals surface area contributed by atoms with Crippen LogP contribution in [0.3, 0.4) is 0 Å². The molecule has 0 radical (unpaired) electrons. The minimum Gasteiger partial charge on any atom is -0.486 e. The van der Waals surface area contributed by atoms with E-state index < -0.39 is 9.84 Å². The van der Waals surface area contributed by atoms with Crippen molar-refractivity contribution in [3.63, 3.8) is 0 Å². The Balaban J connectivity index is 1.70. The number of sulfone groups is 1. The first kappa shape index (κ1) is 22.2. The minimum absolute atomic E-state index is 0.0712. The van der Waals surface area contributed by atoms with E-state index in [0.717, 1.165) is 18.5 Å². The molecule has 32 heavy (non-hydrogen) atoms. The maximum atomic E-state index is 13.5. The van der Waals surface area contributed by atoms with Crippen molar-refractivity contribution in [2.24, 2.45) is 0 Å². The van der Waals surface area contributed by atoms with Crippen LogP contribution in [0.1, 0.15) is 12.0 Å². The Morgan fingerprint density at radius 1 is 1.03 bits per heavy atom. The van der Waals surface area contributed by atoms with Gasteiger partial charge in [-0.3, -0.25) is 0 Å². The van der Waals surface area contributed by atoms with Gasteiger partial charge in [0.25, 0.3) is 0 Å². The van der Waals surface area contributed by atoms with Gasteiger partial charge in [-0.05, 0) is 58.3 Å². The molecule has 0 aliphatic carbocycles. The van der Waals surface area contributed by atoms with Crippen LogP contribution in [0, 0.1) is 6.92 Å². The zero-order chi connectivity index (χ0) is 22.7. The number of anilines is 1. The van der Waals surface area contributed by atoms with Gasteiger partial charge in [-0.2, -0.15) is 4.98 Å². The highest BCUT2D eigenvalue weighted by atomic mass is 32.2. The summed E-state index contributed by atoms with van der Waals surface area (Å²) in [7, 11) is 0.0104. The molecule has 0 fully saturated rings. The third-order valence-electron chi connectivity index (χ3n) is 5.04. The smallest absolute Gasteiger partial charge is 0.233 e. The number of fused-ring (bicyclic) bond motifs is 1. The topological polar surface area (TPSA) is 93.9 Å². The van der Waals surface area contributed by atoms with Gasteiger partial charge in [0.15, 0.2) is 11.5 Å². The molecule has 0 saturated carbocycles. The Morgan fingerprint density at radius 3 is 2.47 bits per heavy atom. The Kier molecular flexibility index (Phi) is 6.38. The predicted octanol–water partition coefficient (Wildman–Crippen LogP) is 3.62. The number of oxazole rings is 1. The van der Waals surface area contributed by atoms with Gasteiger partial charge in [0.2, 0.25) is 26.6 Å². The van der Waals surface area contributed by atoms with Crippen molar-refractivity contribution in [2.75, 3.05) is 45.7 Å². The molecule has 1 aliphatic rings. The van der Waals surface area contributed by atoms with Crippen LogP contribution < -0.4 is 14.8 Å². The van der Waals surface area contributed by atoms with Crippen molar-refractivity contribution < 1.29 is 22.3 Å². The summed E-state index contributed by atoms with van der Waals surface area (Å²) in [5.74, 6) is 1.31. The molecule has 1 aromatic heterocycles. The SMILES string of the molecule is Cc1ccc(-c2nc(S(=O)(=O)c3ccc4c(c3)OCCO4)c(NCCCN(C)C)o2)cc1. The number of nitrogens with zero attached hydrogens (tertiary/aromatic N) is 2. The number of ether oxygens (including phenoxy) is 2. The zero-order valence-electron chi connectivity index (χ0n) is 18.4. The summed E-state index contributed by atoms with van der Waals surface area (Å²) in [6.45, 7) is 4.19. The molecule has 3 aromatic rings. The lowest BCUT2D eigenvalue weighted by Gasteiger charge is -2.18. The van der Waals surface area contributed by atoms with E-state index in [1.807, 2.05) is 45.3 Å². The van der Waals surface area contributed by atoms with Crippen LogP contribution in [0.15, 0.2) is 56.8 Å². The van der Waals surface area contributed by atoms with Crippen molar-refractivity contribution in [1.29, 1.82) is 0 Å². The highest BCUT2D eigenvalue weighted by Crippen LogP contribution is 2.37. The lowest BCUT2D eigenvalue weighted by molar-refractivity contribution is 0.171. The second-order valence-electron chi connectivity index (χ2n) is 7.91. The maximum absolute atomic E-state index is 13.5.